The minimum atomic E-state index is -1.11. The molecule has 0 saturated carbocycles. The second kappa shape index (κ2) is 16.2. The highest BCUT2D eigenvalue weighted by Crippen LogP contribution is 2.34. The number of imide groups is 2. The lowest BCUT2D eigenvalue weighted by Crippen LogP contribution is -2.54. The number of amides is 5. The number of fused-ring (bicyclic) bond motifs is 1. The number of aromatic nitrogens is 2. The van der Waals surface area contributed by atoms with Gasteiger partial charge < -0.3 is 19.9 Å². The van der Waals surface area contributed by atoms with Crippen LogP contribution in [0.5, 0.6) is 11.5 Å². The Morgan fingerprint density at radius 3 is 2.22 bits per heavy atom. The number of nitrogens with one attached hydrogen (secondary N) is 2. The van der Waals surface area contributed by atoms with Crippen molar-refractivity contribution in [3.63, 3.8) is 0 Å². The van der Waals surface area contributed by atoms with Crippen molar-refractivity contribution in [3.8, 4) is 17.6 Å². The van der Waals surface area contributed by atoms with E-state index < -0.39 is 41.4 Å². The van der Waals surface area contributed by atoms with E-state index in [9.17, 15) is 24.0 Å². The molecule has 296 valence electrons. The van der Waals surface area contributed by atoms with Gasteiger partial charge >= 0.3 is 0 Å². The van der Waals surface area contributed by atoms with E-state index >= 15 is 4.39 Å². The Morgan fingerprint density at radius 2 is 1.57 bits per heavy atom. The fourth-order valence-electron chi connectivity index (χ4n) is 7.81. The van der Waals surface area contributed by atoms with Crippen molar-refractivity contribution in [2.45, 2.75) is 31.7 Å². The molecule has 4 aliphatic heterocycles. The van der Waals surface area contributed by atoms with E-state index in [0.29, 0.717) is 65.7 Å². The van der Waals surface area contributed by atoms with Gasteiger partial charge in [-0.2, -0.15) is 5.26 Å². The third-order valence-electron chi connectivity index (χ3n) is 11.0. The lowest BCUT2D eigenvalue weighted by atomic mass is 9.96. The Balaban J connectivity index is 0.787. The summed E-state index contributed by atoms with van der Waals surface area (Å²) in [4.78, 5) is 70.5. The quantitative estimate of drug-likeness (QED) is 0.225. The maximum atomic E-state index is 15.4. The zero-order valence-electron chi connectivity index (χ0n) is 31.1. The molecule has 3 fully saturated rings. The van der Waals surface area contributed by atoms with Crippen molar-refractivity contribution in [1.29, 1.82) is 5.26 Å². The number of ether oxygens (including phenoxy) is 1. The maximum absolute atomic E-state index is 15.4. The number of piperidine rings is 2. The molecule has 0 radical (unpaired) electrons. The van der Waals surface area contributed by atoms with Crippen LogP contribution in [0.2, 0.25) is 5.02 Å². The van der Waals surface area contributed by atoms with E-state index in [1.165, 1.54) is 6.07 Å². The van der Waals surface area contributed by atoms with Crippen molar-refractivity contribution in [1.82, 2.24) is 25.3 Å². The number of piperazine rings is 1. The minimum absolute atomic E-state index is 0.00869. The van der Waals surface area contributed by atoms with Gasteiger partial charge in [0.1, 0.15) is 29.4 Å². The van der Waals surface area contributed by atoms with Crippen LogP contribution in [0.4, 0.5) is 21.6 Å². The first-order valence-electron chi connectivity index (χ1n) is 18.9. The molecule has 8 rings (SSSR count). The van der Waals surface area contributed by atoms with E-state index in [-0.39, 0.29) is 35.3 Å². The molecule has 1 aromatic heterocycles. The summed E-state index contributed by atoms with van der Waals surface area (Å²) in [7, 11) is 0. The third-order valence-corrected chi connectivity index (χ3v) is 11.3. The first kappa shape index (κ1) is 38.4. The summed E-state index contributed by atoms with van der Waals surface area (Å²) < 4.78 is 21.2. The molecule has 0 bridgehead atoms. The molecule has 4 aromatic rings. The summed E-state index contributed by atoms with van der Waals surface area (Å²) in [5.41, 5.74) is 1.32. The average Bonchev–Trinajstić information content (AvgIpc) is 3.46. The van der Waals surface area contributed by atoms with E-state index in [0.717, 1.165) is 43.4 Å². The fraction of sp³-hybridized carbons (Fsp3) is 0.317. The van der Waals surface area contributed by atoms with Gasteiger partial charge in [-0.25, -0.2) is 4.39 Å². The first-order valence-corrected chi connectivity index (χ1v) is 19.3. The lowest BCUT2D eigenvalue weighted by Gasteiger charge is -2.39. The lowest BCUT2D eigenvalue weighted by molar-refractivity contribution is -0.136. The number of hydrogen-bond donors (Lipinski definition) is 2. The molecular formula is C41H37ClFN9O6. The molecule has 5 heterocycles. The van der Waals surface area contributed by atoms with Crippen LogP contribution >= 0.6 is 11.6 Å². The largest absolute Gasteiger partial charge is 0.457 e. The Bertz CT molecular complexity index is 2340. The second-order valence-corrected chi connectivity index (χ2v) is 15.0. The molecule has 15 nitrogen and oxygen atoms in total. The third kappa shape index (κ3) is 7.91. The molecule has 17 heteroatoms. The Kier molecular flexibility index (Phi) is 10.7. The van der Waals surface area contributed by atoms with Gasteiger partial charge in [0.05, 0.1) is 27.4 Å². The molecule has 3 aromatic carbocycles. The number of anilines is 3. The number of rotatable bonds is 9. The van der Waals surface area contributed by atoms with Gasteiger partial charge in [0.15, 0.2) is 11.5 Å². The average molecular weight is 806 g/mol. The maximum Gasteiger partial charge on any atom is 0.276 e. The van der Waals surface area contributed by atoms with Crippen molar-refractivity contribution in [2.24, 2.45) is 5.92 Å². The van der Waals surface area contributed by atoms with E-state index in [1.54, 1.807) is 54.6 Å². The molecule has 1 atom stereocenters. The Morgan fingerprint density at radius 1 is 0.862 bits per heavy atom. The molecule has 58 heavy (non-hydrogen) atoms. The minimum Gasteiger partial charge on any atom is -0.457 e. The summed E-state index contributed by atoms with van der Waals surface area (Å²) in [6.45, 7) is 4.95. The second-order valence-electron chi connectivity index (χ2n) is 14.6. The number of halogens is 2. The van der Waals surface area contributed by atoms with Crippen LogP contribution in [0.15, 0.2) is 66.7 Å². The zero-order valence-corrected chi connectivity index (χ0v) is 31.9. The Labute approximate surface area is 337 Å². The van der Waals surface area contributed by atoms with Crippen LogP contribution in [0.1, 0.15) is 62.5 Å². The van der Waals surface area contributed by atoms with Gasteiger partial charge in [-0.15, -0.1) is 10.2 Å². The summed E-state index contributed by atoms with van der Waals surface area (Å²) in [6, 6.07) is 18.5. The summed E-state index contributed by atoms with van der Waals surface area (Å²) in [5.74, 6) is -1.40. The van der Waals surface area contributed by atoms with Crippen molar-refractivity contribution in [2.75, 3.05) is 60.9 Å². The first-order chi connectivity index (χ1) is 28.0. The van der Waals surface area contributed by atoms with Gasteiger partial charge in [0.25, 0.3) is 17.7 Å². The Hall–Kier alpha value is -6.44. The molecule has 2 N–H and O–H groups in total. The highest BCUT2D eigenvalue weighted by molar-refractivity contribution is 6.31. The van der Waals surface area contributed by atoms with Crippen LogP contribution in [-0.2, 0) is 9.59 Å². The van der Waals surface area contributed by atoms with Gasteiger partial charge in [0.2, 0.25) is 11.8 Å². The van der Waals surface area contributed by atoms with Gasteiger partial charge in [0, 0.05) is 64.0 Å². The topological polar surface area (TPSA) is 181 Å². The smallest absolute Gasteiger partial charge is 0.276 e. The molecule has 0 unspecified atom stereocenters. The fourth-order valence-corrected chi connectivity index (χ4v) is 8.02. The van der Waals surface area contributed by atoms with Crippen LogP contribution < -0.4 is 25.2 Å². The molecule has 3 saturated heterocycles. The molecule has 5 amide bonds. The van der Waals surface area contributed by atoms with E-state index in [1.807, 2.05) is 11.0 Å². The van der Waals surface area contributed by atoms with Crippen molar-refractivity contribution < 1.29 is 33.1 Å². The summed E-state index contributed by atoms with van der Waals surface area (Å²) in [5, 5.41) is 22.9. The standard InChI is InChI=1S/C41H37ClFN9O6/c42-31-19-28(4-1-25(31)22-44)58-27-5-2-26(3-6-27)45-38(54)33-7-9-36(48-47-33)51-13-11-24(12-14-51)23-49-15-17-50(18-16-49)35-21-30-29(20-32(35)43)40(56)52(41(30)57)34-8-10-37(53)46-39(34)55/h1-7,9,19-21,24,34H,8,10-18,23H2,(H,45,54)(H,46,53,55)/t34-/m1/s1. The van der Waals surface area contributed by atoms with Crippen LogP contribution in [0, 0.1) is 23.1 Å². The van der Waals surface area contributed by atoms with Crippen LogP contribution in [0.3, 0.4) is 0 Å². The van der Waals surface area contributed by atoms with Crippen LogP contribution in [0.25, 0.3) is 0 Å². The van der Waals surface area contributed by atoms with E-state index in [2.05, 4.69) is 30.6 Å². The number of nitrogens with zero attached hydrogens (tertiary/aromatic N) is 7. The van der Waals surface area contributed by atoms with Gasteiger partial charge in [-0.05, 0) is 85.8 Å². The van der Waals surface area contributed by atoms with Crippen LogP contribution in [-0.4, -0.2) is 101 Å². The molecule has 4 aliphatic rings. The van der Waals surface area contributed by atoms with Crippen molar-refractivity contribution >= 4 is 58.3 Å². The number of benzene rings is 3. The van der Waals surface area contributed by atoms with Crippen molar-refractivity contribution in [3.05, 3.63) is 100.0 Å². The summed E-state index contributed by atoms with van der Waals surface area (Å²) in [6.07, 6.45) is 1.93. The van der Waals surface area contributed by atoms with E-state index in [4.69, 9.17) is 21.6 Å². The number of carbonyl (C=O) groups is 5. The monoisotopic (exact) mass is 805 g/mol. The highest BCUT2D eigenvalue weighted by Gasteiger charge is 2.45. The highest BCUT2D eigenvalue weighted by atomic mass is 35.5. The number of carbonyl (C=O) groups excluding carboxylic acids is 5. The molecule has 0 aliphatic carbocycles. The zero-order chi connectivity index (χ0) is 40.5. The number of nitriles is 1. The molecular weight excluding hydrogens is 769 g/mol. The SMILES string of the molecule is N#Cc1ccc(Oc2ccc(NC(=O)c3ccc(N4CCC(CN5CCN(c6cc7c(cc6F)C(=O)N([C@@H]6CCC(=O)NC6=O)C7=O)CC5)CC4)nn3)cc2)cc1Cl. The predicted octanol–water partition coefficient (Wildman–Crippen LogP) is 4.63. The summed E-state index contributed by atoms with van der Waals surface area (Å²) >= 11 is 6.09. The predicted molar refractivity (Wildman–Crippen MR) is 209 cm³/mol. The van der Waals surface area contributed by atoms with Gasteiger partial charge in [-0.1, -0.05) is 11.6 Å². The molecule has 0 spiro atoms. The normalized spacial score (nSPS) is 18.8. The number of hydrogen-bond acceptors (Lipinski definition) is 12. The van der Waals surface area contributed by atoms with Gasteiger partial charge in [-0.3, -0.25) is 39.1 Å².